The van der Waals surface area contributed by atoms with Gasteiger partial charge in [-0.15, -0.1) is 0 Å². The number of ether oxygens (including phenoxy) is 1. The zero-order valence-electron chi connectivity index (χ0n) is 14.5. The predicted octanol–water partition coefficient (Wildman–Crippen LogP) is 1.48. The van der Waals surface area contributed by atoms with Crippen LogP contribution in [0.1, 0.15) is 24.0 Å². The molecular weight excluding hydrogens is 409 g/mol. The lowest BCUT2D eigenvalue weighted by Crippen LogP contribution is -3.00. The molecule has 0 unspecified atom stereocenters. The third-order valence-electron chi connectivity index (χ3n) is 4.85. The molecule has 0 aliphatic carbocycles. The molecule has 3 heteroatoms. The van der Waals surface area contributed by atoms with Crippen LogP contribution in [0.5, 0.6) is 5.75 Å². The van der Waals surface area contributed by atoms with E-state index in [1.807, 2.05) is 6.07 Å². The van der Waals surface area contributed by atoms with Crippen molar-refractivity contribution in [3.63, 3.8) is 0 Å². The molecule has 0 spiro atoms. The molecule has 1 fully saturated rings. The highest BCUT2D eigenvalue weighted by atomic mass is 127. The Labute approximate surface area is 162 Å². The van der Waals surface area contributed by atoms with Gasteiger partial charge in [0.15, 0.2) is 0 Å². The van der Waals surface area contributed by atoms with Crippen molar-refractivity contribution < 1.29 is 33.2 Å². The number of halogens is 1. The van der Waals surface area contributed by atoms with Gasteiger partial charge in [0, 0.05) is 12.8 Å². The highest BCUT2D eigenvalue weighted by Crippen LogP contribution is 2.23. The van der Waals surface area contributed by atoms with Gasteiger partial charge in [-0.2, -0.15) is 0 Å². The summed E-state index contributed by atoms with van der Waals surface area (Å²) in [6.07, 6.45) is 6.85. The second kappa shape index (κ2) is 8.67. The van der Waals surface area contributed by atoms with Crippen LogP contribution in [0.3, 0.4) is 0 Å². The van der Waals surface area contributed by atoms with Crippen LogP contribution in [-0.2, 0) is 0 Å². The summed E-state index contributed by atoms with van der Waals surface area (Å²) in [5, 5.41) is 0. The molecule has 0 amide bonds. The minimum atomic E-state index is 0. The van der Waals surface area contributed by atoms with E-state index in [1.165, 1.54) is 30.5 Å². The second-order valence-electron chi connectivity index (χ2n) is 6.92. The third-order valence-corrected chi connectivity index (χ3v) is 4.85. The van der Waals surface area contributed by atoms with Gasteiger partial charge < -0.3 is 33.2 Å². The lowest BCUT2D eigenvalue weighted by atomic mass is 10.1. The normalized spacial score (nSPS) is 19.2. The number of likely N-dealkylation sites (N-methyl/N-ethyl adjacent to an activating group) is 1. The largest absolute Gasteiger partial charge is 1.00 e. The fourth-order valence-corrected chi connectivity index (χ4v) is 3.18. The molecule has 2 aromatic rings. The van der Waals surface area contributed by atoms with E-state index in [9.17, 15) is 0 Å². The summed E-state index contributed by atoms with van der Waals surface area (Å²) in [6.45, 7) is 2.07. The Hall–Kier alpha value is -1.33. The van der Waals surface area contributed by atoms with E-state index < -0.39 is 0 Å². The SMILES string of the molecule is C[N+]1(C)CCC[C@H]1COc1ccc(/C=C/c2ccccc2)cc1.[I-]. The van der Waals surface area contributed by atoms with Gasteiger partial charge in [-0.05, 0) is 23.3 Å². The molecule has 0 saturated carbocycles. The van der Waals surface area contributed by atoms with Gasteiger partial charge in [-0.1, -0.05) is 54.6 Å². The van der Waals surface area contributed by atoms with Crippen molar-refractivity contribution >= 4 is 12.2 Å². The monoisotopic (exact) mass is 435 g/mol. The van der Waals surface area contributed by atoms with Gasteiger partial charge in [0.2, 0.25) is 0 Å². The van der Waals surface area contributed by atoms with Crippen molar-refractivity contribution in [2.24, 2.45) is 0 Å². The van der Waals surface area contributed by atoms with Crippen LogP contribution in [0, 0.1) is 0 Å². The first-order valence-electron chi connectivity index (χ1n) is 8.42. The van der Waals surface area contributed by atoms with Gasteiger partial charge in [0.1, 0.15) is 18.4 Å². The molecule has 24 heavy (non-hydrogen) atoms. The number of rotatable bonds is 5. The number of hydrogen-bond donors (Lipinski definition) is 0. The molecule has 0 radical (unpaired) electrons. The van der Waals surface area contributed by atoms with Gasteiger partial charge in [0.25, 0.3) is 0 Å². The predicted molar refractivity (Wildman–Crippen MR) is 97.3 cm³/mol. The summed E-state index contributed by atoms with van der Waals surface area (Å²) < 4.78 is 7.08. The summed E-state index contributed by atoms with van der Waals surface area (Å²) >= 11 is 0. The standard InChI is InChI=1S/C21H26NO.HI/c1-22(2)16-6-9-20(22)17-23-21-14-12-19(13-15-21)11-10-18-7-4-3-5-8-18;/h3-5,7-8,10-15,20H,6,9,16-17H2,1-2H3;1H/q+1;/p-1/b11-10+;/t20-;/m0./s1. The first-order chi connectivity index (χ1) is 11.1. The highest BCUT2D eigenvalue weighted by molar-refractivity contribution is 5.69. The summed E-state index contributed by atoms with van der Waals surface area (Å²) in [7, 11) is 4.61. The Morgan fingerprint density at radius 3 is 2.17 bits per heavy atom. The molecule has 1 saturated heterocycles. The Morgan fingerprint density at radius 2 is 1.58 bits per heavy atom. The fraction of sp³-hybridized carbons (Fsp3) is 0.333. The molecule has 0 bridgehead atoms. The van der Waals surface area contributed by atoms with Crippen molar-refractivity contribution in [2.75, 3.05) is 27.2 Å². The Balaban J connectivity index is 0.00000208. The maximum Gasteiger partial charge on any atom is 0.140 e. The zero-order valence-corrected chi connectivity index (χ0v) is 16.6. The average molecular weight is 435 g/mol. The van der Waals surface area contributed by atoms with Crippen LogP contribution >= 0.6 is 0 Å². The van der Waals surface area contributed by atoms with E-state index in [4.69, 9.17) is 4.74 Å². The summed E-state index contributed by atoms with van der Waals surface area (Å²) in [6, 6.07) is 19.3. The molecule has 1 aliphatic heterocycles. The highest BCUT2D eigenvalue weighted by Gasteiger charge is 2.34. The Morgan fingerprint density at radius 1 is 0.958 bits per heavy atom. The van der Waals surface area contributed by atoms with Crippen molar-refractivity contribution in [2.45, 2.75) is 18.9 Å². The third kappa shape index (κ3) is 5.08. The van der Waals surface area contributed by atoms with Crippen LogP contribution in [0.2, 0.25) is 0 Å². The van der Waals surface area contributed by atoms with E-state index in [1.54, 1.807) is 0 Å². The lowest BCUT2D eigenvalue weighted by Gasteiger charge is -2.31. The van der Waals surface area contributed by atoms with E-state index >= 15 is 0 Å². The van der Waals surface area contributed by atoms with Crippen LogP contribution in [-0.4, -0.2) is 37.8 Å². The molecule has 0 aromatic heterocycles. The number of quaternary nitrogens is 1. The molecule has 0 N–H and O–H groups in total. The van der Waals surface area contributed by atoms with Gasteiger partial charge in [0.05, 0.1) is 20.6 Å². The van der Waals surface area contributed by atoms with E-state index in [0.717, 1.165) is 16.8 Å². The molecule has 2 aromatic carbocycles. The summed E-state index contributed by atoms with van der Waals surface area (Å²) in [5.74, 6) is 0.966. The molecule has 2 nitrogen and oxygen atoms in total. The van der Waals surface area contributed by atoms with Crippen molar-refractivity contribution in [3.8, 4) is 5.75 Å². The molecule has 1 atom stereocenters. The minimum Gasteiger partial charge on any atom is -1.00 e. The van der Waals surface area contributed by atoms with Crippen LogP contribution < -0.4 is 28.7 Å². The topological polar surface area (TPSA) is 9.23 Å². The lowest BCUT2D eigenvalue weighted by molar-refractivity contribution is -0.902. The van der Waals surface area contributed by atoms with Crippen LogP contribution in [0.4, 0.5) is 0 Å². The number of hydrogen-bond acceptors (Lipinski definition) is 1. The minimum absolute atomic E-state index is 0. The number of nitrogens with zero attached hydrogens (tertiary/aromatic N) is 1. The van der Waals surface area contributed by atoms with Crippen LogP contribution in [0.15, 0.2) is 54.6 Å². The summed E-state index contributed by atoms with van der Waals surface area (Å²) in [4.78, 5) is 0. The quantitative estimate of drug-likeness (QED) is 0.393. The Bertz CT molecular complexity index is 649. The number of benzene rings is 2. The second-order valence-corrected chi connectivity index (χ2v) is 6.92. The maximum absolute atomic E-state index is 6.00. The molecule has 1 aliphatic rings. The van der Waals surface area contributed by atoms with Crippen molar-refractivity contribution in [1.29, 1.82) is 0 Å². The zero-order chi connectivity index (χ0) is 16.1. The van der Waals surface area contributed by atoms with Crippen LogP contribution in [0.25, 0.3) is 12.2 Å². The van der Waals surface area contributed by atoms with Gasteiger partial charge in [-0.25, -0.2) is 0 Å². The number of likely N-dealkylation sites (tertiary alicyclic amines) is 1. The van der Waals surface area contributed by atoms with E-state index in [2.05, 4.69) is 74.8 Å². The van der Waals surface area contributed by atoms with Gasteiger partial charge in [-0.3, -0.25) is 0 Å². The van der Waals surface area contributed by atoms with Crippen molar-refractivity contribution in [1.82, 2.24) is 0 Å². The van der Waals surface area contributed by atoms with E-state index in [0.29, 0.717) is 6.04 Å². The fourth-order valence-electron chi connectivity index (χ4n) is 3.18. The molecule has 3 rings (SSSR count). The Kier molecular flexibility index (Phi) is 6.87. The molecule has 1 heterocycles. The first-order valence-corrected chi connectivity index (χ1v) is 8.42. The molecular formula is C21H26INO. The first kappa shape index (κ1) is 19.0. The molecule has 128 valence electrons. The maximum atomic E-state index is 6.00. The van der Waals surface area contributed by atoms with Crippen molar-refractivity contribution in [3.05, 3.63) is 65.7 Å². The summed E-state index contributed by atoms with van der Waals surface area (Å²) in [5.41, 5.74) is 2.41. The van der Waals surface area contributed by atoms with Gasteiger partial charge >= 0.3 is 0 Å². The van der Waals surface area contributed by atoms with E-state index in [-0.39, 0.29) is 24.0 Å². The smallest absolute Gasteiger partial charge is 0.140 e. The average Bonchev–Trinajstić information content (AvgIpc) is 2.91.